The first-order valence-electron chi connectivity index (χ1n) is 8.08. The highest BCUT2D eigenvalue weighted by molar-refractivity contribution is 8.00. The molecule has 0 N–H and O–H groups in total. The molecule has 1 saturated heterocycles. The molecule has 1 aromatic carbocycles. The number of aryl methyl sites for hydroxylation is 1. The van der Waals surface area contributed by atoms with Crippen LogP contribution in [-0.4, -0.2) is 31.6 Å². The molecule has 0 radical (unpaired) electrons. The van der Waals surface area contributed by atoms with Crippen molar-refractivity contribution >= 4 is 17.7 Å². The first-order chi connectivity index (χ1) is 12.2. The zero-order valence-corrected chi connectivity index (χ0v) is 14.6. The molecule has 3 heterocycles. The van der Waals surface area contributed by atoms with Gasteiger partial charge in [0.1, 0.15) is 16.8 Å². The minimum atomic E-state index is -0.121. The van der Waals surface area contributed by atoms with Gasteiger partial charge in [-0.05, 0) is 24.6 Å². The van der Waals surface area contributed by atoms with Gasteiger partial charge in [0.05, 0.1) is 31.3 Å². The summed E-state index contributed by atoms with van der Waals surface area (Å²) in [6.07, 6.45) is 3.54. The highest BCUT2D eigenvalue weighted by atomic mass is 32.2. The van der Waals surface area contributed by atoms with Crippen LogP contribution in [0.1, 0.15) is 28.0 Å². The van der Waals surface area contributed by atoms with Crippen LogP contribution in [0.25, 0.3) is 0 Å². The van der Waals surface area contributed by atoms with Crippen LogP contribution in [0.3, 0.4) is 0 Å². The van der Waals surface area contributed by atoms with Crippen molar-refractivity contribution < 1.29 is 9.21 Å². The molecule has 1 fully saturated rings. The van der Waals surface area contributed by atoms with Crippen LogP contribution in [0, 0.1) is 6.92 Å². The Kier molecular flexibility index (Phi) is 4.31. The van der Waals surface area contributed by atoms with Crippen molar-refractivity contribution in [2.45, 2.75) is 25.4 Å². The number of hydrogen-bond acceptors (Lipinski definition) is 5. The van der Waals surface area contributed by atoms with Gasteiger partial charge in [0.25, 0.3) is 0 Å². The lowest BCUT2D eigenvalue weighted by Gasteiger charge is -2.20. The fourth-order valence-electron chi connectivity index (χ4n) is 2.82. The van der Waals surface area contributed by atoms with Crippen LogP contribution < -0.4 is 0 Å². The van der Waals surface area contributed by atoms with E-state index in [0.29, 0.717) is 18.8 Å². The third-order valence-electron chi connectivity index (χ3n) is 4.15. The second kappa shape index (κ2) is 6.76. The van der Waals surface area contributed by atoms with Crippen molar-refractivity contribution in [2.24, 2.45) is 0 Å². The van der Waals surface area contributed by atoms with E-state index in [2.05, 4.69) is 41.5 Å². The van der Waals surface area contributed by atoms with E-state index < -0.39 is 0 Å². The second-order valence-electron chi connectivity index (χ2n) is 6.09. The maximum absolute atomic E-state index is 12.2. The standard InChI is InChI=1S/C18H18N4O2S/c1-13-4-6-14(7-5-13)9-21-11-16(19-20-21)18-22(17(23)12-25-18)10-15-3-2-8-24-15/h2-8,11,18H,9-10,12H2,1H3. The van der Waals surface area contributed by atoms with Gasteiger partial charge in [0, 0.05) is 0 Å². The molecular weight excluding hydrogens is 336 g/mol. The van der Waals surface area contributed by atoms with E-state index in [1.807, 2.05) is 23.0 Å². The highest BCUT2D eigenvalue weighted by Crippen LogP contribution is 2.38. The van der Waals surface area contributed by atoms with Crippen LogP contribution in [0.4, 0.5) is 0 Å². The number of rotatable bonds is 5. The first-order valence-corrected chi connectivity index (χ1v) is 9.13. The molecule has 0 spiro atoms. The number of carbonyl (C=O) groups excluding carboxylic acids is 1. The zero-order chi connectivity index (χ0) is 17.2. The summed E-state index contributed by atoms with van der Waals surface area (Å²) in [6.45, 7) is 3.18. The summed E-state index contributed by atoms with van der Waals surface area (Å²) in [5.41, 5.74) is 3.21. The number of benzene rings is 1. The monoisotopic (exact) mass is 354 g/mol. The molecule has 6 nitrogen and oxygen atoms in total. The van der Waals surface area contributed by atoms with Gasteiger partial charge < -0.3 is 9.32 Å². The zero-order valence-electron chi connectivity index (χ0n) is 13.8. The molecule has 0 bridgehead atoms. The molecular formula is C18H18N4O2S. The third-order valence-corrected chi connectivity index (χ3v) is 5.37. The average molecular weight is 354 g/mol. The molecule has 1 aliphatic rings. The quantitative estimate of drug-likeness (QED) is 0.705. The molecule has 1 atom stereocenters. The van der Waals surface area contributed by atoms with Gasteiger partial charge in [0.2, 0.25) is 5.91 Å². The molecule has 1 aliphatic heterocycles. The Morgan fingerprint density at radius 1 is 1.24 bits per heavy atom. The van der Waals surface area contributed by atoms with Crippen LogP contribution in [0.15, 0.2) is 53.3 Å². The molecule has 1 unspecified atom stereocenters. The fourth-order valence-corrected chi connectivity index (χ4v) is 3.94. The van der Waals surface area contributed by atoms with E-state index in [1.54, 1.807) is 22.9 Å². The smallest absolute Gasteiger partial charge is 0.234 e. The van der Waals surface area contributed by atoms with Gasteiger partial charge in [0.15, 0.2) is 0 Å². The van der Waals surface area contributed by atoms with Crippen LogP contribution in [0.5, 0.6) is 0 Å². The minimum absolute atomic E-state index is 0.0967. The highest BCUT2D eigenvalue weighted by Gasteiger charge is 2.35. The van der Waals surface area contributed by atoms with Crippen molar-refractivity contribution in [2.75, 3.05) is 5.75 Å². The van der Waals surface area contributed by atoms with Crippen LogP contribution >= 0.6 is 11.8 Å². The molecule has 0 saturated carbocycles. The molecule has 25 heavy (non-hydrogen) atoms. The number of carbonyl (C=O) groups is 1. The number of amides is 1. The predicted octanol–water partition coefficient (Wildman–Crippen LogP) is 3.00. The Balaban J connectivity index is 1.50. The summed E-state index contributed by atoms with van der Waals surface area (Å²) in [4.78, 5) is 14.0. The molecule has 7 heteroatoms. The molecule has 4 rings (SSSR count). The SMILES string of the molecule is Cc1ccc(Cn2cc(C3SCC(=O)N3Cc3ccco3)nn2)cc1. The van der Waals surface area contributed by atoms with Crippen molar-refractivity contribution in [3.05, 3.63) is 71.4 Å². The van der Waals surface area contributed by atoms with Crippen molar-refractivity contribution in [1.29, 1.82) is 0 Å². The van der Waals surface area contributed by atoms with Crippen molar-refractivity contribution in [1.82, 2.24) is 19.9 Å². The molecule has 0 aliphatic carbocycles. The van der Waals surface area contributed by atoms with Gasteiger partial charge in [-0.2, -0.15) is 0 Å². The Morgan fingerprint density at radius 3 is 2.84 bits per heavy atom. The van der Waals surface area contributed by atoms with E-state index in [0.717, 1.165) is 11.5 Å². The Bertz CT molecular complexity index is 858. The lowest BCUT2D eigenvalue weighted by atomic mass is 10.1. The predicted molar refractivity (Wildman–Crippen MR) is 94.8 cm³/mol. The van der Waals surface area contributed by atoms with Gasteiger partial charge >= 0.3 is 0 Å². The molecule has 128 valence electrons. The van der Waals surface area contributed by atoms with Gasteiger partial charge in [-0.15, -0.1) is 16.9 Å². The first kappa shape index (κ1) is 16.0. The van der Waals surface area contributed by atoms with Crippen molar-refractivity contribution in [3.63, 3.8) is 0 Å². The van der Waals surface area contributed by atoms with E-state index in [-0.39, 0.29) is 11.3 Å². The fraction of sp³-hybridized carbons (Fsp3) is 0.278. The van der Waals surface area contributed by atoms with E-state index in [4.69, 9.17) is 4.42 Å². The summed E-state index contributed by atoms with van der Waals surface area (Å²) in [7, 11) is 0. The lowest BCUT2D eigenvalue weighted by molar-refractivity contribution is -0.128. The van der Waals surface area contributed by atoms with Gasteiger partial charge in [-0.3, -0.25) is 4.79 Å². The van der Waals surface area contributed by atoms with Crippen molar-refractivity contribution in [3.8, 4) is 0 Å². The van der Waals surface area contributed by atoms with Crippen LogP contribution in [0.2, 0.25) is 0 Å². The lowest BCUT2D eigenvalue weighted by Crippen LogP contribution is -2.27. The maximum atomic E-state index is 12.2. The van der Waals surface area contributed by atoms with Gasteiger partial charge in [-0.1, -0.05) is 35.0 Å². The van der Waals surface area contributed by atoms with E-state index in [1.165, 1.54) is 11.1 Å². The minimum Gasteiger partial charge on any atom is -0.467 e. The number of nitrogens with zero attached hydrogens (tertiary/aromatic N) is 4. The Hall–Kier alpha value is -2.54. The molecule has 3 aromatic rings. The van der Waals surface area contributed by atoms with E-state index >= 15 is 0 Å². The number of furan rings is 1. The number of thioether (sulfide) groups is 1. The van der Waals surface area contributed by atoms with Gasteiger partial charge in [-0.25, -0.2) is 4.68 Å². The number of aromatic nitrogens is 3. The summed E-state index contributed by atoms with van der Waals surface area (Å²) in [6, 6.07) is 12.1. The normalized spacial score (nSPS) is 17.4. The topological polar surface area (TPSA) is 64.2 Å². The van der Waals surface area contributed by atoms with E-state index in [9.17, 15) is 4.79 Å². The Labute approximate surface area is 149 Å². The summed E-state index contributed by atoms with van der Waals surface area (Å²) in [5, 5.41) is 8.40. The third kappa shape index (κ3) is 3.46. The average Bonchev–Trinajstić information content (AvgIpc) is 3.34. The summed E-state index contributed by atoms with van der Waals surface area (Å²) in [5.74, 6) is 1.32. The second-order valence-corrected chi connectivity index (χ2v) is 7.16. The Morgan fingerprint density at radius 2 is 2.08 bits per heavy atom. The molecule has 2 aromatic heterocycles. The summed E-state index contributed by atoms with van der Waals surface area (Å²) >= 11 is 1.57. The molecule has 1 amide bonds. The maximum Gasteiger partial charge on any atom is 0.234 e. The van der Waals surface area contributed by atoms with Crippen LogP contribution in [-0.2, 0) is 17.9 Å². The number of hydrogen-bond donors (Lipinski definition) is 0. The summed E-state index contributed by atoms with van der Waals surface area (Å²) < 4.78 is 7.19. The largest absolute Gasteiger partial charge is 0.467 e.